The van der Waals surface area contributed by atoms with Crippen molar-refractivity contribution in [2.75, 3.05) is 31.8 Å². The lowest BCUT2D eigenvalue weighted by atomic mass is 10.3. The summed E-state index contributed by atoms with van der Waals surface area (Å²) in [4.78, 5) is 37.5. The predicted octanol–water partition coefficient (Wildman–Crippen LogP) is 0.0239. The van der Waals surface area contributed by atoms with Gasteiger partial charge in [0.15, 0.2) is 0 Å². The van der Waals surface area contributed by atoms with Crippen molar-refractivity contribution in [3.63, 3.8) is 0 Å². The Morgan fingerprint density at radius 3 is 2.68 bits per heavy atom. The highest BCUT2D eigenvalue weighted by Crippen LogP contribution is 2.22. The standard InChI is InChI=1S/C11H19N3O4S/c1-3-4-13(5-9(15)12-2)11(18)14-7-19-6-8(14)10(16)17/h8H,3-7H2,1-2H3,(H,12,15)(H,16,17). The second-order valence-corrected chi connectivity index (χ2v) is 5.20. The topological polar surface area (TPSA) is 90.0 Å². The molecule has 0 saturated carbocycles. The summed E-state index contributed by atoms with van der Waals surface area (Å²) in [5.74, 6) is -0.527. The van der Waals surface area contributed by atoms with Crippen molar-refractivity contribution in [2.45, 2.75) is 19.4 Å². The van der Waals surface area contributed by atoms with Gasteiger partial charge in [0.1, 0.15) is 12.6 Å². The summed E-state index contributed by atoms with van der Waals surface area (Å²) in [6.45, 7) is 2.29. The van der Waals surface area contributed by atoms with Crippen molar-refractivity contribution in [1.82, 2.24) is 15.1 Å². The van der Waals surface area contributed by atoms with Crippen LogP contribution in [0.15, 0.2) is 0 Å². The van der Waals surface area contributed by atoms with Crippen LogP contribution in [0.25, 0.3) is 0 Å². The van der Waals surface area contributed by atoms with E-state index in [1.807, 2.05) is 6.92 Å². The van der Waals surface area contributed by atoms with Gasteiger partial charge in [-0.05, 0) is 6.42 Å². The summed E-state index contributed by atoms with van der Waals surface area (Å²) < 4.78 is 0. The molecule has 0 bridgehead atoms. The monoisotopic (exact) mass is 289 g/mol. The number of carbonyl (C=O) groups excluding carboxylic acids is 2. The molecule has 1 unspecified atom stereocenters. The summed E-state index contributed by atoms with van der Waals surface area (Å²) >= 11 is 1.40. The third kappa shape index (κ3) is 4.02. The van der Waals surface area contributed by atoms with Crippen LogP contribution in [0.1, 0.15) is 13.3 Å². The lowest BCUT2D eigenvalue weighted by Gasteiger charge is -2.29. The van der Waals surface area contributed by atoms with Crippen LogP contribution < -0.4 is 5.32 Å². The molecule has 2 N–H and O–H groups in total. The highest BCUT2D eigenvalue weighted by Gasteiger charge is 2.36. The van der Waals surface area contributed by atoms with Crippen molar-refractivity contribution < 1.29 is 19.5 Å². The molecule has 0 aliphatic carbocycles. The van der Waals surface area contributed by atoms with E-state index in [4.69, 9.17) is 5.11 Å². The molecule has 0 aromatic carbocycles. The summed E-state index contributed by atoms with van der Waals surface area (Å²) in [7, 11) is 1.50. The highest BCUT2D eigenvalue weighted by atomic mass is 32.2. The molecular formula is C11H19N3O4S. The zero-order valence-corrected chi connectivity index (χ0v) is 11.9. The van der Waals surface area contributed by atoms with E-state index in [2.05, 4.69) is 5.32 Å². The number of urea groups is 1. The van der Waals surface area contributed by atoms with E-state index in [0.29, 0.717) is 24.6 Å². The van der Waals surface area contributed by atoms with Gasteiger partial charge in [0.2, 0.25) is 5.91 Å². The Morgan fingerprint density at radius 2 is 2.16 bits per heavy atom. The SMILES string of the molecule is CCCN(CC(=O)NC)C(=O)N1CSCC1C(=O)O. The zero-order valence-electron chi connectivity index (χ0n) is 11.1. The summed E-state index contributed by atoms with van der Waals surface area (Å²) in [5.41, 5.74) is 0. The fourth-order valence-electron chi connectivity index (χ4n) is 1.78. The van der Waals surface area contributed by atoms with Gasteiger partial charge >= 0.3 is 12.0 Å². The Bertz CT molecular complexity index is 364. The molecule has 1 fully saturated rings. The number of nitrogens with one attached hydrogen (secondary N) is 1. The lowest BCUT2D eigenvalue weighted by molar-refractivity contribution is -0.140. The number of likely N-dealkylation sites (N-methyl/N-ethyl adjacent to an activating group) is 1. The molecular weight excluding hydrogens is 270 g/mol. The Morgan fingerprint density at radius 1 is 1.47 bits per heavy atom. The predicted molar refractivity (Wildman–Crippen MR) is 71.9 cm³/mol. The van der Waals surface area contributed by atoms with E-state index >= 15 is 0 Å². The van der Waals surface area contributed by atoms with Crippen molar-refractivity contribution in [3.8, 4) is 0 Å². The number of hydrogen-bond acceptors (Lipinski definition) is 4. The van der Waals surface area contributed by atoms with Gasteiger partial charge in [-0.25, -0.2) is 9.59 Å². The van der Waals surface area contributed by atoms with E-state index in [0.717, 1.165) is 0 Å². The van der Waals surface area contributed by atoms with Gasteiger partial charge in [-0.2, -0.15) is 0 Å². The van der Waals surface area contributed by atoms with Gasteiger partial charge in [0, 0.05) is 19.3 Å². The van der Waals surface area contributed by atoms with Gasteiger partial charge in [0.25, 0.3) is 0 Å². The van der Waals surface area contributed by atoms with Crippen molar-refractivity contribution >= 4 is 29.7 Å². The third-order valence-electron chi connectivity index (χ3n) is 2.79. The summed E-state index contributed by atoms with van der Waals surface area (Å²) in [6.07, 6.45) is 0.710. The van der Waals surface area contributed by atoms with Crippen molar-refractivity contribution in [1.29, 1.82) is 0 Å². The average Bonchev–Trinajstić information content (AvgIpc) is 2.86. The first-order valence-corrected chi connectivity index (χ1v) is 7.23. The maximum Gasteiger partial charge on any atom is 0.327 e. The van der Waals surface area contributed by atoms with Gasteiger partial charge < -0.3 is 20.2 Å². The molecule has 19 heavy (non-hydrogen) atoms. The Labute approximate surface area is 116 Å². The zero-order chi connectivity index (χ0) is 14.4. The second-order valence-electron chi connectivity index (χ2n) is 4.20. The molecule has 0 spiro atoms. The van der Waals surface area contributed by atoms with E-state index in [9.17, 15) is 14.4 Å². The number of amides is 3. The van der Waals surface area contributed by atoms with E-state index in [1.54, 1.807) is 0 Å². The molecule has 0 aromatic heterocycles. The van der Waals surface area contributed by atoms with Crippen LogP contribution in [-0.4, -0.2) is 70.6 Å². The van der Waals surface area contributed by atoms with Crippen molar-refractivity contribution in [3.05, 3.63) is 0 Å². The van der Waals surface area contributed by atoms with Gasteiger partial charge in [-0.1, -0.05) is 6.92 Å². The maximum atomic E-state index is 12.3. The van der Waals surface area contributed by atoms with Crippen LogP contribution in [-0.2, 0) is 9.59 Å². The van der Waals surface area contributed by atoms with Crippen LogP contribution in [0.5, 0.6) is 0 Å². The largest absolute Gasteiger partial charge is 0.480 e. The van der Waals surface area contributed by atoms with Gasteiger partial charge in [0.05, 0.1) is 5.88 Å². The van der Waals surface area contributed by atoms with E-state index in [1.165, 1.54) is 28.6 Å². The molecule has 0 radical (unpaired) electrons. The third-order valence-corrected chi connectivity index (χ3v) is 3.80. The van der Waals surface area contributed by atoms with Crippen LogP contribution in [0.4, 0.5) is 4.79 Å². The number of rotatable bonds is 5. The molecule has 1 heterocycles. The van der Waals surface area contributed by atoms with E-state index < -0.39 is 12.0 Å². The first kappa shape index (κ1) is 15.6. The molecule has 7 nitrogen and oxygen atoms in total. The first-order valence-electron chi connectivity index (χ1n) is 6.08. The molecule has 1 aliphatic rings. The molecule has 1 saturated heterocycles. The fraction of sp³-hybridized carbons (Fsp3) is 0.727. The summed E-state index contributed by atoms with van der Waals surface area (Å²) in [5, 5.41) is 11.5. The number of carboxylic acid groups (broad SMARTS) is 1. The number of aliphatic carboxylic acids is 1. The molecule has 3 amide bonds. The maximum absolute atomic E-state index is 12.3. The number of thioether (sulfide) groups is 1. The lowest BCUT2D eigenvalue weighted by Crippen LogP contribution is -2.51. The molecule has 1 rings (SSSR count). The number of carbonyl (C=O) groups is 3. The number of carboxylic acids is 1. The highest BCUT2D eigenvalue weighted by molar-refractivity contribution is 7.99. The van der Waals surface area contributed by atoms with Gasteiger partial charge in [-0.3, -0.25) is 4.79 Å². The minimum atomic E-state index is -1.00. The number of hydrogen-bond donors (Lipinski definition) is 2. The van der Waals surface area contributed by atoms with Crippen LogP contribution >= 0.6 is 11.8 Å². The summed E-state index contributed by atoms with van der Waals surface area (Å²) in [6, 6.07) is -1.19. The van der Waals surface area contributed by atoms with Crippen LogP contribution in [0, 0.1) is 0 Å². The normalized spacial score (nSPS) is 18.2. The molecule has 108 valence electrons. The smallest absolute Gasteiger partial charge is 0.327 e. The number of nitrogens with zero attached hydrogens (tertiary/aromatic N) is 2. The quantitative estimate of drug-likeness (QED) is 0.745. The van der Waals surface area contributed by atoms with Gasteiger partial charge in [-0.15, -0.1) is 11.8 Å². The minimum Gasteiger partial charge on any atom is -0.480 e. The minimum absolute atomic E-state index is 0.0450. The average molecular weight is 289 g/mol. The van der Waals surface area contributed by atoms with Crippen LogP contribution in [0.2, 0.25) is 0 Å². The first-order chi connectivity index (χ1) is 9.01. The molecule has 8 heteroatoms. The fourth-order valence-corrected chi connectivity index (χ4v) is 2.92. The van der Waals surface area contributed by atoms with Crippen LogP contribution in [0.3, 0.4) is 0 Å². The van der Waals surface area contributed by atoms with Crippen molar-refractivity contribution in [2.24, 2.45) is 0 Å². The molecule has 1 aliphatic heterocycles. The molecule has 0 aromatic rings. The Balaban J connectivity index is 2.75. The second kappa shape index (κ2) is 7.22. The molecule has 1 atom stereocenters. The Kier molecular flexibility index (Phi) is 5.94. The Hall–Kier alpha value is -1.44. The van der Waals surface area contributed by atoms with E-state index in [-0.39, 0.29) is 18.5 Å².